The SMILES string of the molecule is COc1cccc2c1CCCC2NC(=O)c1ccc(C(C)(F)F)[nH]c1=O. The van der Waals surface area contributed by atoms with Crippen LogP contribution < -0.4 is 15.6 Å². The second-order valence-electron chi connectivity index (χ2n) is 6.45. The number of aromatic amines is 1. The monoisotopic (exact) mass is 362 g/mol. The van der Waals surface area contributed by atoms with Crippen molar-refractivity contribution in [3.8, 4) is 5.75 Å². The lowest BCUT2D eigenvalue weighted by molar-refractivity contribution is 0.0125. The van der Waals surface area contributed by atoms with E-state index in [4.69, 9.17) is 4.74 Å². The van der Waals surface area contributed by atoms with E-state index in [1.165, 1.54) is 0 Å². The smallest absolute Gasteiger partial charge is 0.284 e. The first-order valence-corrected chi connectivity index (χ1v) is 8.39. The molecule has 0 bridgehead atoms. The van der Waals surface area contributed by atoms with Crippen LogP contribution in [0.3, 0.4) is 0 Å². The Labute approximate surface area is 149 Å². The van der Waals surface area contributed by atoms with Crippen LogP contribution in [-0.2, 0) is 12.3 Å². The van der Waals surface area contributed by atoms with Gasteiger partial charge < -0.3 is 15.0 Å². The molecule has 0 aliphatic heterocycles. The minimum absolute atomic E-state index is 0.187. The van der Waals surface area contributed by atoms with Gasteiger partial charge in [-0.1, -0.05) is 12.1 Å². The molecule has 1 aliphatic carbocycles. The number of amides is 1. The highest BCUT2D eigenvalue weighted by atomic mass is 19.3. The van der Waals surface area contributed by atoms with Gasteiger partial charge in [0.25, 0.3) is 17.4 Å². The van der Waals surface area contributed by atoms with Gasteiger partial charge in [-0.15, -0.1) is 0 Å². The Kier molecular flexibility index (Phi) is 4.80. The fourth-order valence-electron chi connectivity index (χ4n) is 3.30. The molecule has 0 fully saturated rings. The zero-order chi connectivity index (χ0) is 18.9. The molecule has 5 nitrogen and oxygen atoms in total. The van der Waals surface area contributed by atoms with Gasteiger partial charge in [-0.25, -0.2) is 8.78 Å². The standard InChI is InChI=1S/C19H20F2N2O3/c1-19(20,21)16-10-9-13(18(25)23-16)17(24)22-14-7-3-6-12-11(14)5-4-8-15(12)26-2/h4-5,8-10,14H,3,6-7H2,1-2H3,(H,22,24)(H,23,25). The average Bonchev–Trinajstić information content (AvgIpc) is 2.60. The van der Waals surface area contributed by atoms with E-state index in [0.717, 1.165) is 48.3 Å². The van der Waals surface area contributed by atoms with Crippen LogP contribution in [0.5, 0.6) is 5.75 Å². The lowest BCUT2D eigenvalue weighted by Gasteiger charge is -2.27. The molecule has 1 aromatic carbocycles. The van der Waals surface area contributed by atoms with Gasteiger partial charge in [0.15, 0.2) is 0 Å². The largest absolute Gasteiger partial charge is 0.496 e. The van der Waals surface area contributed by atoms with E-state index < -0.39 is 23.1 Å². The van der Waals surface area contributed by atoms with Gasteiger partial charge in [-0.2, -0.15) is 0 Å². The molecule has 1 aromatic heterocycles. The van der Waals surface area contributed by atoms with E-state index in [9.17, 15) is 18.4 Å². The van der Waals surface area contributed by atoms with Crippen LogP contribution in [0.1, 0.15) is 53.0 Å². The van der Waals surface area contributed by atoms with Crippen molar-refractivity contribution in [2.24, 2.45) is 0 Å². The molecule has 0 spiro atoms. The molecule has 1 heterocycles. The Morgan fingerprint density at radius 3 is 2.73 bits per heavy atom. The summed E-state index contributed by atoms with van der Waals surface area (Å²) >= 11 is 0. The number of alkyl halides is 2. The maximum Gasteiger partial charge on any atom is 0.284 e. The third-order valence-electron chi connectivity index (χ3n) is 4.62. The number of hydrogen-bond acceptors (Lipinski definition) is 3. The van der Waals surface area contributed by atoms with Gasteiger partial charge in [0.05, 0.1) is 18.8 Å². The van der Waals surface area contributed by atoms with Crippen LogP contribution in [-0.4, -0.2) is 18.0 Å². The molecule has 7 heteroatoms. The molecule has 1 unspecified atom stereocenters. The summed E-state index contributed by atoms with van der Waals surface area (Å²) in [6, 6.07) is 7.59. The molecule has 138 valence electrons. The Hall–Kier alpha value is -2.70. The Balaban J connectivity index is 1.85. The molecular weight excluding hydrogens is 342 g/mol. The maximum atomic E-state index is 13.3. The Bertz CT molecular complexity index is 887. The van der Waals surface area contributed by atoms with Crippen molar-refractivity contribution in [3.05, 3.63) is 63.1 Å². The number of benzene rings is 1. The Morgan fingerprint density at radius 1 is 1.31 bits per heavy atom. The van der Waals surface area contributed by atoms with E-state index in [2.05, 4.69) is 10.3 Å². The summed E-state index contributed by atoms with van der Waals surface area (Å²) in [4.78, 5) is 26.6. The Morgan fingerprint density at radius 2 is 2.08 bits per heavy atom. The normalized spacial score (nSPS) is 16.7. The van der Waals surface area contributed by atoms with Crippen molar-refractivity contribution in [2.75, 3.05) is 7.11 Å². The minimum Gasteiger partial charge on any atom is -0.496 e. The number of halogens is 2. The van der Waals surface area contributed by atoms with Crippen molar-refractivity contribution in [3.63, 3.8) is 0 Å². The summed E-state index contributed by atoms with van der Waals surface area (Å²) < 4.78 is 32.0. The number of aromatic nitrogens is 1. The van der Waals surface area contributed by atoms with Crippen molar-refractivity contribution in [2.45, 2.75) is 38.2 Å². The van der Waals surface area contributed by atoms with E-state index >= 15 is 0 Å². The average molecular weight is 362 g/mol. The molecular formula is C19H20F2N2O3. The van der Waals surface area contributed by atoms with Crippen molar-refractivity contribution in [1.82, 2.24) is 10.3 Å². The second kappa shape index (κ2) is 6.90. The van der Waals surface area contributed by atoms with Crippen LogP contribution in [0.4, 0.5) is 8.78 Å². The molecule has 3 rings (SSSR count). The van der Waals surface area contributed by atoms with Gasteiger partial charge in [0.2, 0.25) is 0 Å². The number of nitrogens with one attached hydrogen (secondary N) is 2. The second-order valence-corrected chi connectivity index (χ2v) is 6.45. The highest BCUT2D eigenvalue weighted by Crippen LogP contribution is 2.35. The first-order chi connectivity index (χ1) is 12.3. The molecule has 0 saturated heterocycles. The number of carbonyl (C=O) groups is 1. The third kappa shape index (κ3) is 3.47. The van der Waals surface area contributed by atoms with Crippen LogP contribution in [0, 0.1) is 0 Å². The van der Waals surface area contributed by atoms with Gasteiger partial charge in [0, 0.05) is 6.92 Å². The number of ether oxygens (including phenoxy) is 1. The summed E-state index contributed by atoms with van der Waals surface area (Å²) in [6.45, 7) is 0.685. The fourth-order valence-corrected chi connectivity index (χ4v) is 3.30. The minimum atomic E-state index is -3.17. The fraction of sp³-hybridized carbons (Fsp3) is 0.368. The quantitative estimate of drug-likeness (QED) is 0.877. The van der Waals surface area contributed by atoms with Crippen LogP contribution in [0.2, 0.25) is 0 Å². The van der Waals surface area contributed by atoms with E-state index in [0.29, 0.717) is 6.92 Å². The van der Waals surface area contributed by atoms with Gasteiger partial charge in [-0.3, -0.25) is 9.59 Å². The van der Waals surface area contributed by atoms with E-state index in [-0.39, 0.29) is 11.6 Å². The molecule has 1 amide bonds. The van der Waals surface area contributed by atoms with E-state index in [1.54, 1.807) is 7.11 Å². The predicted octanol–water partition coefficient (Wildman–Crippen LogP) is 3.30. The molecule has 1 aliphatic rings. The maximum absolute atomic E-state index is 13.3. The lowest BCUT2D eigenvalue weighted by atomic mass is 9.87. The van der Waals surface area contributed by atoms with Gasteiger partial charge in [-0.05, 0) is 48.6 Å². The molecule has 2 N–H and O–H groups in total. The van der Waals surface area contributed by atoms with Crippen molar-refractivity contribution >= 4 is 5.91 Å². The first kappa shape index (κ1) is 18.1. The number of H-pyrrole nitrogens is 1. The topological polar surface area (TPSA) is 71.2 Å². The summed E-state index contributed by atoms with van der Waals surface area (Å²) in [7, 11) is 1.60. The number of hydrogen-bond donors (Lipinski definition) is 2. The zero-order valence-electron chi connectivity index (χ0n) is 14.6. The lowest BCUT2D eigenvalue weighted by Crippen LogP contribution is -2.35. The third-order valence-corrected chi connectivity index (χ3v) is 4.62. The van der Waals surface area contributed by atoms with E-state index in [1.807, 2.05) is 18.2 Å². The van der Waals surface area contributed by atoms with Crippen molar-refractivity contribution < 1.29 is 18.3 Å². The molecule has 26 heavy (non-hydrogen) atoms. The highest BCUT2D eigenvalue weighted by molar-refractivity contribution is 5.94. The summed E-state index contributed by atoms with van der Waals surface area (Å²) in [5.41, 5.74) is 0.460. The number of pyridine rings is 1. The number of fused-ring (bicyclic) bond motifs is 1. The predicted molar refractivity (Wildman–Crippen MR) is 92.8 cm³/mol. The summed E-state index contributed by atoms with van der Waals surface area (Å²) in [5, 5.41) is 2.84. The number of rotatable bonds is 4. The molecule has 1 atom stereocenters. The van der Waals surface area contributed by atoms with Crippen LogP contribution in [0.25, 0.3) is 0 Å². The molecule has 0 radical (unpaired) electrons. The zero-order valence-corrected chi connectivity index (χ0v) is 14.6. The number of methoxy groups -OCH3 is 1. The highest BCUT2D eigenvalue weighted by Gasteiger charge is 2.28. The first-order valence-electron chi connectivity index (χ1n) is 8.39. The summed E-state index contributed by atoms with van der Waals surface area (Å²) in [6.07, 6.45) is 2.46. The molecule has 0 saturated carbocycles. The van der Waals surface area contributed by atoms with Crippen LogP contribution in [0.15, 0.2) is 35.1 Å². The van der Waals surface area contributed by atoms with Gasteiger partial charge >= 0.3 is 0 Å². The number of carbonyl (C=O) groups excluding carboxylic acids is 1. The summed E-state index contributed by atoms with van der Waals surface area (Å²) in [5.74, 6) is -2.99. The molecule has 2 aromatic rings. The van der Waals surface area contributed by atoms with Gasteiger partial charge in [0.1, 0.15) is 11.3 Å². The van der Waals surface area contributed by atoms with Crippen LogP contribution >= 0.6 is 0 Å². The van der Waals surface area contributed by atoms with Crippen molar-refractivity contribution in [1.29, 1.82) is 0 Å².